The fourth-order valence-corrected chi connectivity index (χ4v) is 10.4. The Balaban J connectivity index is 0.999. The van der Waals surface area contributed by atoms with Crippen molar-refractivity contribution in [2.75, 3.05) is 4.90 Å². The number of nitrogens with zero attached hydrogens (tertiary/aromatic N) is 2. The maximum atomic E-state index is 2.47. The molecule has 0 aliphatic heterocycles. The smallest absolute Gasteiger partial charge is 0.0541 e. The van der Waals surface area contributed by atoms with Crippen LogP contribution in [0.15, 0.2) is 255 Å². The van der Waals surface area contributed by atoms with E-state index >= 15 is 0 Å². The fourth-order valence-electron chi connectivity index (χ4n) is 10.4. The Morgan fingerprint density at radius 3 is 1.27 bits per heavy atom. The summed E-state index contributed by atoms with van der Waals surface area (Å²) in [4.78, 5) is 2.47. The molecule has 308 valence electrons. The zero-order valence-electron chi connectivity index (χ0n) is 36.1. The maximum Gasteiger partial charge on any atom is 0.0541 e. The van der Waals surface area contributed by atoms with Crippen LogP contribution in [0.25, 0.3) is 104 Å². The summed E-state index contributed by atoms with van der Waals surface area (Å²) in [6.07, 6.45) is 0. The van der Waals surface area contributed by atoms with Crippen molar-refractivity contribution in [2.24, 2.45) is 0 Å². The lowest BCUT2D eigenvalue weighted by atomic mass is 9.91. The standard InChI is InChI=1S/C64H42N2/c1-3-13-43(14-4-1)45-23-25-47(26-24-45)48-31-37-52(38-32-48)65(58-20-10-7-17-53(58)49-29-27-46(28-30-49)44-15-5-2-6-16-44)61-41-35-50-34-40-57-62(42-36-51-33-39-56(61)63(50)64(51)57)66-59-21-11-8-18-54(59)55-19-9-12-22-60(55)66/h1-42H. The monoisotopic (exact) mass is 838 g/mol. The summed E-state index contributed by atoms with van der Waals surface area (Å²) in [5, 5.41) is 9.99. The Hall–Kier alpha value is -8.72. The topological polar surface area (TPSA) is 8.17 Å². The first kappa shape index (κ1) is 37.8. The lowest BCUT2D eigenvalue weighted by Crippen LogP contribution is -2.12. The molecule has 0 saturated heterocycles. The predicted molar refractivity (Wildman–Crippen MR) is 281 cm³/mol. The average molecular weight is 839 g/mol. The summed E-state index contributed by atoms with van der Waals surface area (Å²) >= 11 is 0. The molecule has 0 bridgehead atoms. The second-order valence-corrected chi connectivity index (χ2v) is 17.2. The third-order valence-corrected chi connectivity index (χ3v) is 13.6. The van der Waals surface area contributed by atoms with Gasteiger partial charge in [-0.3, -0.25) is 0 Å². The molecule has 0 amide bonds. The van der Waals surface area contributed by atoms with Crippen LogP contribution in [0.2, 0.25) is 0 Å². The highest BCUT2D eigenvalue weighted by atomic mass is 15.1. The van der Waals surface area contributed by atoms with Gasteiger partial charge in [-0.1, -0.05) is 212 Å². The molecule has 0 atom stereocenters. The van der Waals surface area contributed by atoms with E-state index in [-0.39, 0.29) is 0 Å². The zero-order valence-corrected chi connectivity index (χ0v) is 36.1. The summed E-state index contributed by atoms with van der Waals surface area (Å²) in [5.41, 5.74) is 16.5. The van der Waals surface area contributed by atoms with Gasteiger partial charge in [0.15, 0.2) is 0 Å². The number of rotatable bonds is 8. The van der Waals surface area contributed by atoms with Gasteiger partial charge in [0, 0.05) is 32.8 Å². The number of hydrogen-bond donors (Lipinski definition) is 0. The molecule has 0 aliphatic carbocycles. The minimum atomic E-state index is 1.09. The lowest BCUT2D eigenvalue weighted by molar-refractivity contribution is 1.20. The molecular weight excluding hydrogens is 797 g/mol. The van der Waals surface area contributed by atoms with Gasteiger partial charge < -0.3 is 9.47 Å². The molecule has 66 heavy (non-hydrogen) atoms. The van der Waals surface area contributed by atoms with Crippen LogP contribution in [0.4, 0.5) is 17.1 Å². The molecule has 0 unspecified atom stereocenters. The van der Waals surface area contributed by atoms with Crippen molar-refractivity contribution in [3.63, 3.8) is 0 Å². The van der Waals surface area contributed by atoms with Crippen molar-refractivity contribution < 1.29 is 0 Å². The molecule has 2 heteroatoms. The minimum absolute atomic E-state index is 1.09. The molecule has 12 aromatic carbocycles. The number of aromatic nitrogens is 1. The normalized spacial score (nSPS) is 11.6. The molecular formula is C64H42N2. The number of benzene rings is 12. The zero-order chi connectivity index (χ0) is 43.6. The highest BCUT2D eigenvalue weighted by Gasteiger charge is 2.23. The van der Waals surface area contributed by atoms with Crippen LogP contribution in [0, 0.1) is 0 Å². The second-order valence-electron chi connectivity index (χ2n) is 17.2. The molecule has 1 aromatic heterocycles. The molecule has 0 radical (unpaired) electrons. The van der Waals surface area contributed by atoms with Gasteiger partial charge in [-0.25, -0.2) is 0 Å². The molecule has 13 rings (SSSR count). The van der Waals surface area contributed by atoms with Crippen LogP contribution in [0.5, 0.6) is 0 Å². The Morgan fingerprint density at radius 1 is 0.258 bits per heavy atom. The van der Waals surface area contributed by atoms with Gasteiger partial charge in [-0.05, 0) is 103 Å². The van der Waals surface area contributed by atoms with Crippen LogP contribution >= 0.6 is 0 Å². The van der Waals surface area contributed by atoms with E-state index in [0.29, 0.717) is 0 Å². The summed E-state index contributed by atoms with van der Waals surface area (Å²) < 4.78 is 2.46. The van der Waals surface area contributed by atoms with Crippen LogP contribution in [0.3, 0.4) is 0 Å². The summed E-state index contributed by atoms with van der Waals surface area (Å²) in [7, 11) is 0. The van der Waals surface area contributed by atoms with Gasteiger partial charge in [0.25, 0.3) is 0 Å². The van der Waals surface area contributed by atoms with E-state index in [1.54, 1.807) is 0 Å². The molecule has 13 aromatic rings. The van der Waals surface area contributed by atoms with Crippen LogP contribution in [-0.2, 0) is 0 Å². The Morgan fingerprint density at radius 2 is 0.682 bits per heavy atom. The van der Waals surface area contributed by atoms with Gasteiger partial charge >= 0.3 is 0 Å². The molecule has 0 aliphatic rings. The van der Waals surface area contributed by atoms with Crippen molar-refractivity contribution in [1.82, 2.24) is 4.57 Å². The van der Waals surface area contributed by atoms with Crippen molar-refractivity contribution >= 4 is 71.2 Å². The molecule has 0 fully saturated rings. The summed E-state index contributed by atoms with van der Waals surface area (Å²) in [5.74, 6) is 0. The van der Waals surface area contributed by atoms with Crippen molar-refractivity contribution in [2.45, 2.75) is 0 Å². The Labute approximate surface area is 383 Å². The van der Waals surface area contributed by atoms with Crippen molar-refractivity contribution in [1.29, 1.82) is 0 Å². The van der Waals surface area contributed by atoms with Gasteiger partial charge in [0.05, 0.1) is 28.1 Å². The lowest BCUT2D eigenvalue weighted by Gasteiger charge is -2.30. The largest absolute Gasteiger partial charge is 0.309 e. The number of fused-ring (bicyclic) bond motifs is 3. The van der Waals surface area contributed by atoms with E-state index in [1.807, 2.05) is 0 Å². The first-order valence-electron chi connectivity index (χ1n) is 22.8. The highest BCUT2D eigenvalue weighted by molar-refractivity contribution is 6.27. The average Bonchev–Trinajstić information content (AvgIpc) is 3.73. The van der Waals surface area contributed by atoms with E-state index in [0.717, 1.165) is 22.6 Å². The summed E-state index contributed by atoms with van der Waals surface area (Å²) in [6, 6.07) is 93.2. The summed E-state index contributed by atoms with van der Waals surface area (Å²) in [6.45, 7) is 0. The quantitative estimate of drug-likeness (QED) is 0.138. The molecule has 0 saturated carbocycles. The molecule has 0 N–H and O–H groups in total. The van der Waals surface area contributed by atoms with E-state index in [2.05, 4.69) is 264 Å². The van der Waals surface area contributed by atoms with E-state index in [9.17, 15) is 0 Å². The molecule has 1 heterocycles. The Bertz CT molecular complexity index is 3830. The predicted octanol–water partition coefficient (Wildman–Crippen LogP) is 17.8. The number of para-hydroxylation sites is 3. The van der Waals surface area contributed by atoms with Crippen LogP contribution in [-0.4, -0.2) is 4.57 Å². The number of anilines is 3. The van der Waals surface area contributed by atoms with Crippen LogP contribution in [0.1, 0.15) is 0 Å². The highest BCUT2D eigenvalue weighted by Crippen LogP contribution is 2.48. The van der Waals surface area contributed by atoms with E-state index in [1.165, 1.54) is 98.8 Å². The van der Waals surface area contributed by atoms with Gasteiger partial charge in [0.1, 0.15) is 0 Å². The van der Waals surface area contributed by atoms with Crippen molar-refractivity contribution in [3.8, 4) is 50.2 Å². The van der Waals surface area contributed by atoms with Gasteiger partial charge in [-0.15, -0.1) is 0 Å². The van der Waals surface area contributed by atoms with E-state index in [4.69, 9.17) is 0 Å². The fraction of sp³-hybridized carbons (Fsp3) is 0. The Kier molecular flexibility index (Phi) is 8.89. The van der Waals surface area contributed by atoms with Gasteiger partial charge in [-0.2, -0.15) is 0 Å². The van der Waals surface area contributed by atoms with E-state index < -0.39 is 0 Å². The first-order chi connectivity index (χ1) is 32.7. The SMILES string of the molecule is c1ccc(-c2ccc(-c3ccc(N(c4ccccc4-c4ccc(-c5ccccc5)cc4)c4ccc5ccc6c(-n7c8ccccc8c8ccccc87)ccc7ccc4c5c76)cc3)cc2)cc1. The maximum absolute atomic E-state index is 2.47. The minimum Gasteiger partial charge on any atom is -0.309 e. The second kappa shape index (κ2) is 15.5. The third-order valence-electron chi connectivity index (χ3n) is 13.6. The van der Waals surface area contributed by atoms with Gasteiger partial charge in [0.2, 0.25) is 0 Å². The van der Waals surface area contributed by atoms with Crippen molar-refractivity contribution in [3.05, 3.63) is 255 Å². The number of hydrogen-bond acceptors (Lipinski definition) is 1. The molecule has 0 spiro atoms. The van der Waals surface area contributed by atoms with Crippen LogP contribution < -0.4 is 4.90 Å². The molecule has 2 nitrogen and oxygen atoms in total. The first-order valence-corrected chi connectivity index (χ1v) is 22.8. The third kappa shape index (κ3) is 6.18.